The van der Waals surface area contributed by atoms with Crippen LogP contribution in [0.15, 0.2) is 59.0 Å². The van der Waals surface area contributed by atoms with Crippen LogP contribution >= 0.6 is 0 Å². The Hall–Kier alpha value is -3.70. The number of benzene rings is 2. The fourth-order valence-corrected chi connectivity index (χ4v) is 2.68. The molecule has 1 aromatic heterocycles. The zero-order valence-electron chi connectivity index (χ0n) is 15.3. The van der Waals surface area contributed by atoms with Gasteiger partial charge in [0.05, 0.1) is 18.7 Å². The van der Waals surface area contributed by atoms with E-state index < -0.39 is 5.97 Å². The lowest BCUT2D eigenvalue weighted by molar-refractivity contribution is -0.134. The van der Waals surface area contributed by atoms with E-state index >= 15 is 0 Å². The second-order valence-electron chi connectivity index (χ2n) is 6.16. The van der Waals surface area contributed by atoms with Gasteiger partial charge < -0.3 is 19.8 Å². The van der Waals surface area contributed by atoms with Gasteiger partial charge in [0.2, 0.25) is 5.89 Å². The number of aromatic nitrogens is 1. The Labute approximate surface area is 161 Å². The van der Waals surface area contributed by atoms with E-state index in [9.17, 15) is 4.79 Å². The number of oxazole rings is 1. The van der Waals surface area contributed by atoms with Crippen molar-refractivity contribution in [1.29, 1.82) is 0 Å². The summed E-state index contributed by atoms with van der Waals surface area (Å²) in [5.41, 5.74) is 10.9. The third-order valence-electron chi connectivity index (χ3n) is 4.18. The summed E-state index contributed by atoms with van der Waals surface area (Å²) in [6.45, 7) is 2.31. The van der Waals surface area contributed by atoms with E-state index in [0.717, 1.165) is 17.0 Å². The van der Waals surface area contributed by atoms with Crippen molar-refractivity contribution in [1.82, 2.24) is 4.98 Å². The lowest BCUT2D eigenvalue weighted by Crippen LogP contribution is -2.16. The Bertz CT molecular complexity index is 1000. The third-order valence-corrected chi connectivity index (χ3v) is 4.18. The molecule has 28 heavy (non-hydrogen) atoms. The number of hydrogen-bond acceptors (Lipinski definition) is 4. The normalized spacial score (nSPS) is 10.3. The van der Waals surface area contributed by atoms with Gasteiger partial charge in [-0.1, -0.05) is 30.3 Å². The second-order valence-corrected chi connectivity index (χ2v) is 6.16. The molecule has 0 saturated heterocycles. The van der Waals surface area contributed by atoms with Gasteiger partial charge >= 0.3 is 11.7 Å². The summed E-state index contributed by atoms with van der Waals surface area (Å²) in [5.74, 6) is 0.770. The minimum atomic E-state index is -1.25. The number of carbonyl (C=O) groups is 1. The van der Waals surface area contributed by atoms with Crippen molar-refractivity contribution < 1.29 is 23.8 Å². The van der Waals surface area contributed by atoms with Crippen LogP contribution < -0.4 is 4.74 Å². The number of carboxylic acids is 1. The van der Waals surface area contributed by atoms with Crippen LogP contribution in [0, 0.1) is 6.92 Å². The molecule has 0 atom stereocenters. The van der Waals surface area contributed by atoms with E-state index in [1.54, 1.807) is 24.3 Å². The number of rotatable bonds is 8. The van der Waals surface area contributed by atoms with Crippen LogP contribution in [0.25, 0.3) is 17.0 Å². The highest BCUT2D eigenvalue weighted by atomic mass is 16.5. The number of ether oxygens (including phenoxy) is 1. The quantitative estimate of drug-likeness (QED) is 0.367. The Morgan fingerprint density at radius 3 is 2.54 bits per heavy atom. The van der Waals surface area contributed by atoms with Gasteiger partial charge in [-0.15, -0.1) is 0 Å². The van der Waals surface area contributed by atoms with Crippen LogP contribution in [0.3, 0.4) is 0 Å². The molecular weight excluding hydrogens is 358 g/mol. The largest absolute Gasteiger partial charge is 0.493 e. The van der Waals surface area contributed by atoms with Gasteiger partial charge in [-0.2, -0.15) is 4.79 Å². The first kappa shape index (κ1) is 19.1. The molecule has 0 bridgehead atoms. The van der Waals surface area contributed by atoms with Gasteiger partial charge in [-0.3, -0.25) is 0 Å². The Morgan fingerprint density at radius 2 is 1.89 bits per heavy atom. The van der Waals surface area contributed by atoms with Gasteiger partial charge in [0.15, 0.2) is 0 Å². The molecule has 3 rings (SSSR count). The smallest absolute Gasteiger partial charge is 0.414 e. The zero-order valence-corrected chi connectivity index (χ0v) is 15.3. The molecular formula is C21H19N3O4. The fourth-order valence-electron chi connectivity index (χ4n) is 2.68. The molecule has 0 aliphatic heterocycles. The average molecular weight is 377 g/mol. The maximum Gasteiger partial charge on any atom is 0.414 e. The zero-order chi connectivity index (χ0) is 19.9. The van der Waals surface area contributed by atoms with Crippen LogP contribution in [-0.2, 0) is 17.6 Å². The molecule has 2 aromatic carbocycles. The number of carboxylic acid groups (broad SMARTS) is 1. The first-order chi connectivity index (χ1) is 13.6. The highest BCUT2D eigenvalue weighted by Crippen LogP contribution is 2.22. The molecule has 142 valence electrons. The van der Waals surface area contributed by atoms with Gasteiger partial charge in [0.1, 0.15) is 11.5 Å². The van der Waals surface area contributed by atoms with Gasteiger partial charge in [-0.25, -0.2) is 9.78 Å². The summed E-state index contributed by atoms with van der Waals surface area (Å²) in [5, 5.41) is 8.88. The number of aliphatic carboxylic acids is 1. The lowest BCUT2D eigenvalue weighted by atomic mass is 10.1. The molecule has 7 heteroatoms. The molecule has 0 aliphatic carbocycles. The number of aryl methyl sites for hydroxylation is 1. The number of nitrogens with zero attached hydrogens (tertiary/aromatic N) is 3. The molecule has 0 amide bonds. The standard InChI is InChI=1S/C21H19N3O4/c1-14-18(23-20(28-14)16-5-3-2-4-6-16)11-12-27-17-9-7-15(8-10-17)13-19(24-22)21(25)26/h2-10H,11-13H2,1H3,(H,25,26). The molecule has 1 heterocycles. The van der Waals surface area contributed by atoms with Crippen molar-refractivity contribution in [2.75, 3.05) is 6.61 Å². The Kier molecular flexibility index (Phi) is 5.99. The molecule has 1 N–H and O–H groups in total. The minimum absolute atomic E-state index is 0.0342. The molecule has 7 nitrogen and oxygen atoms in total. The maximum atomic E-state index is 10.9. The third kappa shape index (κ3) is 4.72. The van der Waals surface area contributed by atoms with Crippen molar-refractivity contribution in [3.63, 3.8) is 0 Å². The summed E-state index contributed by atoms with van der Waals surface area (Å²) >= 11 is 0. The van der Waals surface area contributed by atoms with E-state index in [1.807, 2.05) is 37.3 Å². The first-order valence-electron chi connectivity index (χ1n) is 8.74. The van der Waals surface area contributed by atoms with Crippen molar-refractivity contribution in [2.24, 2.45) is 0 Å². The van der Waals surface area contributed by atoms with E-state index in [1.165, 1.54) is 0 Å². The molecule has 0 saturated carbocycles. The SMILES string of the molecule is Cc1oc(-c2ccccc2)nc1CCOc1ccc(CC(=[N+]=[N-])C(=O)O)cc1. The molecule has 0 unspecified atom stereocenters. The van der Waals surface area contributed by atoms with Crippen LogP contribution in [0.1, 0.15) is 17.0 Å². The highest BCUT2D eigenvalue weighted by Gasteiger charge is 2.18. The summed E-state index contributed by atoms with van der Waals surface area (Å²) in [6, 6.07) is 16.7. The number of hydrogen-bond donors (Lipinski definition) is 1. The average Bonchev–Trinajstić information content (AvgIpc) is 3.08. The highest BCUT2D eigenvalue weighted by molar-refractivity contribution is 6.33. The van der Waals surface area contributed by atoms with Crippen LogP contribution in [0.5, 0.6) is 5.75 Å². The monoisotopic (exact) mass is 377 g/mol. The lowest BCUT2D eigenvalue weighted by Gasteiger charge is -2.05. The summed E-state index contributed by atoms with van der Waals surface area (Å²) < 4.78 is 11.5. The molecule has 3 aromatic rings. The Balaban J connectivity index is 1.56. The van der Waals surface area contributed by atoms with Crippen LogP contribution in [0.4, 0.5) is 0 Å². The summed E-state index contributed by atoms with van der Waals surface area (Å²) in [6.07, 6.45) is 0.636. The summed E-state index contributed by atoms with van der Waals surface area (Å²) in [7, 11) is 0. The van der Waals surface area contributed by atoms with Crippen molar-refractivity contribution in [3.8, 4) is 17.2 Å². The predicted octanol–water partition coefficient (Wildman–Crippen LogP) is 3.57. The van der Waals surface area contributed by atoms with Crippen molar-refractivity contribution in [3.05, 3.63) is 77.1 Å². The predicted molar refractivity (Wildman–Crippen MR) is 102 cm³/mol. The van der Waals surface area contributed by atoms with E-state index in [2.05, 4.69) is 9.77 Å². The topological polar surface area (TPSA) is 109 Å². The minimum Gasteiger partial charge on any atom is -0.493 e. The van der Waals surface area contributed by atoms with E-state index in [-0.39, 0.29) is 12.1 Å². The summed E-state index contributed by atoms with van der Waals surface area (Å²) in [4.78, 5) is 18.2. The van der Waals surface area contributed by atoms with Gasteiger partial charge in [0.25, 0.3) is 0 Å². The Morgan fingerprint density at radius 1 is 1.18 bits per heavy atom. The fraction of sp³-hybridized carbons (Fsp3) is 0.190. The second kappa shape index (κ2) is 8.79. The maximum absolute atomic E-state index is 10.9. The van der Waals surface area contributed by atoms with E-state index in [4.69, 9.17) is 19.8 Å². The van der Waals surface area contributed by atoms with Crippen molar-refractivity contribution >= 4 is 11.7 Å². The van der Waals surface area contributed by atoms with Gasteiger partial charge in [-0.05, 0) is 36.8 Å². The first-order valence-corrected chi connectivity index (χ1v) is 8.74. The van der Waals surface area contributed by atoms with Crippen LogP contribution in [-0.4, -0.2) is 33.2 Å². The molecule has 0 spiro atoms. The van der Waals surface area contributed by atoms with Gasteiger partial charge in [0, 0.05) is 12.0 Å². The van der Waals surface area contributed by atoms with E-state index in [0.29, 0.717) is 30.2 Å². The molecule has 0 radical (unpaired) electrons. The van der Waals surface area contributed by atoms with Crippen molar-refractivity contribution in [2.45, 2.75) is 19.8 Å². The molecule has 0 fully saturated rings. The molecule has 0 aliphatic rings. The van der Waals surface area contributed by atoms with Crippen LogP contribution in [0.2, 0.25) is 0 Å².